The van der Waals surface area contributed by atoms with Crippen LogP contribution in [-0.4, -0.2) is 24.5 Å². The van der Waals surface area contributed by atoms with Crippen LogP contribution in [0.25, 0.3) is 0 Å². The summed E-state index contributed by atoms with van der Waals surface area (Å²) >= 11 is 0. The number of amides is 1. The highest BCUT2D eigenvalue weighted by atomic mass is 16.1. The Hall–Kier alpha value is -0.830. The predicted octanol–water partition coefficient (Wildman–Crippen LogP) is 0.819. The van der Waals surface area contributed by atoms with Crippen LogP contribution in [-0.2, 0) is 4.79 Å². The minimum absolute atomic E-state index is 0.0792. The van der Waals surface area contributed by atoms with Crippen molar-refractivity contribution in [1.82, 2.24) is 10.6 Å². The van der Waals surface area contributed by atoms with Crippen LogP contribution in [0, 0.1) is 0 Å². The van der Waals surface area contributed by atoms with Gasteiger partial charge in [0, 0.05) is 18.5 Å². The number of piperidine rings is 1. The Morgan fingerprint density at radius 3 is 3.15 bits per heavy atom. The second-order valence-corrected chi connectivity index (χ2v) is 3.55. The molecule has 1 rings (SSSR count). The topological polar surface area (TPSA) is 41.1 Å². The Morgan fingerprint density at radius 2 is 2.54 bits per heavy atom. The zero-order valence-electron chi connectivity index (χ0n) is 8.18. The Bertz CT molecular complexity index is 191. The average molecular weight is 182 g/mol. The molecule has 2 atom stereocenters. The van der Waals surface area contributed by atoms with E-state index in [-0.39, 0.29) is 5.91 Å². The van der Waals surface area contributed by atoms with E-state index in [1.165, 1.54) is 0 Å². The second kappa shape index (κ2) is 5.02. The van der Waals surface area contributed by atoms with Crippen LogP contribution in [0.15, 0.2) is 12.7 Å². The van der Waals surface area contributed by atoms with Crippen LogP contribution >= 0.6 is 0 Å². The van der Waals surface area contributed by atoms with Gasteiger partial charge in [-0.25, -0.2) is 0 Å². The zero-order valence-corrected chi connectivity index (χ0v) is 8.18. The van der Waals surface area contributed by atoms with Gasteiger partial charge in [0.15, 0.2) is 0 Å². The summed E-state index contributed by atoms with van der Waals surface area (Å²) in [4.78, 5) is 11.2. The standard InChI is InChI=1S/C10H18N2O/c1-3-5-10(13)12-9-6-4-7-11-8(9)2/h3,8-9,11H,1,4-7H2,2H3,(H,12,13)/t8-,9-/m0/s1. The second-order valence-electron chi connectivity index (χ2n) is 3.55. The van der Waals surface area contributed by atoms with Gasteiger partial charge in [-0.05, 0) is 26.3 Å². The average Bonchev–Trinajstić information content (AvgIpc) is 2.09. The Labute approximate surface area is 79.6 Å². The summed E-state index contributed by atoms with van der Waals surface area (Å²) in [6, 6.07) is 0.684. The summed E-state index contributed by atoms with van der Waals surface area (Å²) in [5.41, 5.74) is 0. The van der Waals surface area contributed by atoms with E-state index >= 15 is 0 Å². The molecule has 3 nitrogen and oxygen atoms in total. The molecule has 0 spiro atoms. The van der Waals surface area contributed by atoms with Gasteiger partial charge < -0.3 is 10.6 Å². The molecule has 0 radical (unpaired) electrons. The number of nitrogens with one attached hydrogen (secondary N) is 2. The van der Waals surface area contributed by atoms with Crippen LogP contribution in [0.5, 0.6) is 0 Å². The van der Waals surface area contributed by atoms with Crippen molar-refractivity contribution in [3.8, 4) is 0 Å². The highest BCUT2D eigenvalue weighted by Gasteiger charge is 2.21. The molecule has 1 fully saturated rings. The minimum Gasteiger partial charge on any atom is -0.352 e. The third kappa shape index (κ3) is 3.19. The summed E-state index contributed by atoms with van der Waals surface area (Å²) in [7, 11) is 0. The van der Waals surface area contributed by atoms with E-state index < -0.39 is 0 Å². The molecule has 1 aliphatic rings. The van der Waals surface area contributed by atoms with E-state index in [2.05, 4.69) is 24.1 Å². The van der Waals surface area contributed by atoms with Crippen LogP contribution in [0.1, 0.15) is 26.2 Å². The van der Waals surface area contributed by atoms with Crippen LogP contribution in [0.2, 0.25) is 0 Å². The fraction of sp³-hybridized carbons (Fsp3) is 0.700. The van der Waals surface area contributed by atoms with Gasteiger partial charge in [0.25, 0.3) is 0 Å². The molecule has 2 N–H and O–H groups in total. The molecule has 0 saturated carbocycles. The van der Waals surface area contributed by atoms with Crippen LogP contribution < -0.4 is 10.6 Å². The lowest BCUT2D eigenvalue weighted by Gasteiger charge is -2.30. The van der Waals surface area contributed by atoms with E-state index in [9.17, 15) is 4.79 Å². The highest BCUT2D eigenvalue weighted by Crippen LogP contribution is 2.08. The van der Waals surface area contributed by atoms with Crippen molar-refractivity contribution in [3.05, 3.63) is 12.7 Å². The van der Waals surface area contributed by atoms with Crippen molar-refractivity contribution in [2.24, 2.45) is 0 Å². The van der Waals surface area contributed by atoms with Gasteiger partial charge in [0.2, 0.25) is 5.91 Å². The predicted molar refractivity (Wildman–Crippen MR) is 53.4 cm³/mol. The maximum atomic E-state index is 11.2. The van der Waals surface area contributed by atoms with E-state index in [0.29, 0.717) is 18.5 Å². The molecule has 13 heavy (non-hydrogen) atoms. The van der Waals surface area contributed by atoms with E-state index in [4.69, 9.17) is 0 Å². The molecule has 1 amide bonds. The Kier molecular flexibility index (Phi) is 3.96. The fourth-order valence-corrected chi connectivity index (χ4v) is 1.64. The van der Waals surface area contributed by atoms with Gasteiger partial charge in [0.05, 0.1) is 0 Å². The molecule has 0 unspecified atom stereocenters. The Morgan fingerprint density at radius 1 is 1.77 bits per heavy atom. The van der Waals surface area contributed by atoms with Gasteiger partial charge in [0.1, 0.15) is 0 Å². The molecule has 1 aliphatic heterocycles. The number of carbonyl (C=O) groups is 1. The SMILES string of the molecule is C=CCC(=O)N[C@H]1CCCN[C@H]1C. The molecule has 74 valence electrons. The molecular weight excluding hydrogens is 164 g/mol. The monoisotopic (exact) mass is 182 g/mol. The zero-order chi connectivity index (χ0) is 9.68. The molecule has 0 aromatic rings. The van der Waals surface area contributed by atoms with Crippen molar-refractivity contribution < 1.29 is 4.79 Å². The van der Waals surface area contributed by atoms with Crippen molar-refractivity contribution >= 4 is 5.91 Å². The molecule has 0 aromatic heterocycles. The lowest BCUT2D eigenvalue weighted by molar-refractivity contribution is -0.121. The lowest BCUT2D eigenvalue weighted by Crippen LogP contribution is -2.51. The summed E-state index contributed by atoms with van der Waals surface area (Å²) in [5, 5.41) is 6.34. The quantitative estimate of drug-likeness (QED) is 0.634. The third-order valence-electron chi connectivity index (χ3n) is 2.44. The van der Waals surface area contributed by atoms with Gasteiger partial charge >= 0.3 is 0 Å². The molecule has 1 saturated heterocycles. The van der Waals surface area contributed by atoms with Gasteiger partial charge in [-0.15, -0.1) is 6.58 Å². The van der Waals surface area contributed by atoms with E-state index in [0.717, 1.165) is 19.4 Å². The van der Waals surface area contributed by atoms with Crippen LogP contribution in [0.3, 0.4) is 0 Å². The Balaban J connectivity index is 2.33. The summed E-state index contributed by atoms with van der Waals surface area (Å²) in [6.45, 7) is 6.71. The maximum absolute atomic E-state index is 11.2. The van der Waals surface area contributed by atoms with Crippen LogP contribution in [0.4, 0.5) is 0 Å². The highest BCUT2D eigenvalue weighted by molar-refractivity contribution is 5.77. The molecule has 0 bridgehead atoms. The maximum Gasteiger partial charge on any atom is 0.224 e. The summed E-state index contributed by atoms with van der Waals surface area (Å²) in [6.07, 6.45) is 4.28. The number of rotatable bonds is 3. The first-order chi connectivity index (χ1) is 6.24. The first kappa shape index (κ1) is 10.3. The van der Waals surface area contributed by atoms with Gasteiger partial charge in [-0.3, -0.25) is 4.79 Å². The van der Waals surface area contributed by atoms with Crippen molar-refractivity contribution in [2.45, 2.75) is 38.3 Å². The minimum atomic E-state index is 0.0792. The van der Waals surface area contributed by atoms with Gasteiger partial charge in [-0.1, -0.05) is 6.08 Å². The third-order valence-corrected chi connectivity index (χ3v) is 2.44. The van der Waals surface area contributed by atoms with Crippen molar-refractivity contribution in [2.75, 3.05) is 6.54 Å². The first-order valence-corrected chi connectivity index (χ1v) is 4.87. The smallest absolute Gasteiger partial charge is 0.224 e. The number of hydrogen-bond acceptors (Lipinski definition) is 2. The number of hydrogen-bond donors (Lipinski definition) is 2. The summed E-state index contributed by atoms with van der Waals surface area (Å²) < 4.78 is 0. The number of carbonyl (C=O) groups excluding carboxylic acids is 1. The van der Waals surface area contributed by atoms with Crippen molar-refractivity contribution in [3.63, 3.8) is 0 Å². The molecule has 1 heterocycles. The fourth-order valence-electron chi connectivity index (χ4n) is 1.64. The lowest BCUT2D eigenvalue weighted by atomic mass is 10.00. The normalized spacial score (nSPS) is 28.1. The largest absolute Gasteiger partial charge is 0.352 e. The molecule has 0 aliphatic carbocycles. The molecular formula is C10H18N2O. The summed E-state index contributed by atoms with van der Waals surface area (Å²) in [5.74, 6) is 0.0792. The van der Waals surface area contributed by atoms with Crippen molar-refractivity contribution in [1.29, 1.82) is 0 Å². The molecule has 0 aromatic carbocycles. The molecule has 3 heteroatoms. The van der Waals surface area contributed by atoms with E-state index in [1.807, 2.05) is 0 Å². The van der Waals surface area contributed by atoms with E-state index in [1.54, 1.807) is 6.08 Å². The van der Waals surface area contributed by atoms with Gasteiger partial charge in [-0.2, -0.15) is 0 Å². The first-order valence-electron chi connectivity index (χ1n) is 4.87.